The topological polar surface area (TPSA) is 82.4 Å². The van der Waals surface area contributed by atoms with E-state index in [1.807, 2.05) is 26.8 Å². The van der Waals surface area contributed by atoms with Crippen LogP contribution in [0.25, 0.3) is 0 Å². The quantitative estimate of drug-likeness (QED) is 0.831. The Kier molecular flexibility index (Phi) is 5.04. The molecule has 0 atom stereocenters. The molecule has 0 saturated carbocycles. The summed E-state index contributed by atoms with van der Waals surface area (Å²) >= 11 is 0. The van der Waals surface area contributed by atoms with E-state index in [0.717, 1.165) is 25.9 Å². The second kappa shape index (κ2) is 6.82. The molecule has 23 heavy (non-hydrogen) atoms. The van der Waals surface area contributed by atoms with E-state index in [2.05, 4.69) is 14.9 Å². The lowest BCUT2D eigenvalue weighted by Gasteiger charge is -2.37. The van der Waals surface area contributed by atoms with E-state index in [4.69, 9.17) is 10.00 Å². The third-order valence-electron chi connectivity index (χ3n) is 3.74. The normalized spacial score (nSPS) is 15.9. The van der Waals surface area contributed by atoms with Crippen molar-refractivity contribution >= 4 is 12.0 Å². The van der Waals surface area contributed by atoms with Crippen LogP contribution in [0.3, 0.4) is 0 Å². The van der Waals surface area contributed by atoms with Crippen molar-refractivity contribution in [3.63, 3.8) is 0 Å². The van der Waals surface area contributed by atoms with Gasteiger partial charge in [-0.25, -0.2) is 14.8 Å². The average Bonchev–Trinajstić information content (AvgIpc) is 2.53. The smallest absolute Gasteiger partial charge is 0.410 e. The average molecular weight is 317 g/mol. The number of nitrogens with zero attached hydrogens (tertiary/aromatic N) is 5. The molecule has 0 N–H and O–H groups in total. The van der Waals surface area contributed by atoms with Gasteiger partial charge in [0.15, 0.2) is 0 Å². The van der Waals surface area contributed by atoms with Gasteiger partial charge >= 0.3 is 6.09 Å². The lowest BCUT2D eigenvalue weighted by Crippen LogP contribution is -2.47. The largest absolute Gasteiger partial charge is 0.444 e. The van der Waals surface area contributed by atoms with Crippen LogP contribution in [0.15, 0.2) is 12.4 Å². The molecular weight excluding hydrogens is 294 g/mol. The molecule has 0 aliphatic carbocycles. The highest BCUT2D eigenvalue weighted by Crippen LogP contribution is 2.20. The Hall–Kier alpha value is -2.36. The molecule has 1 aromatic heterocycles. The molecule has 2 heterocycles. The summed E-state index contributed by atoms with van der Waals surface area (Å²) in [5, 5.41) is 8.77. The number of amides is 1. The summed E-state index contributed by atoms with van der Waals surface area (Å²) in [6.45, 7) is 7.13. The summed E-state index contributed by atoms with van der Waals surface area (Å²) in [5.41, 5.74) is -0.0316. The minimum Gasteiger partial charge on any atom is -0.444 e. The van der Waals surface area contributed by atoms with E-state index in [1.54, 1.807) is 11.9 Å². The summed E-state index contributed by atoms with van der Waals surface area (Å²) in [5.74, 6) is 0.627. The predicted molar refractivity (Wildman–Crippen MR) is 86.0 cm³/mol. The summed E-state index contributed by atoms with van der Waals surface area (Å²) < 4.78 is 5.41. The summed E-state index contributed by atoms with van der Waals surface area (Å²) in [4.78, 5) is 24.3. The van der Waals surface area contributed by atoms with Crippen molar-refractivity contribution in [3.8, 4) is 6.07 Å². The number of rotatable bonds is 2. The van der Waals surface area contributed by atoms with Gasteiger partial charge in [-0.05, 0) is 33.6 Å². The van der Waals surface area contributed by atoms with Crippen LogP contribution in [0.5, 0.6) is 0 Å². The van der Waals surface area contributed by atoms with Crippen molar-refractivity contribution in [3.05, 3.63) is 18.0 Å². The monoisotopic (exact) mass is 317 g/mol. The molecule has 0 radical (unpaired) electrons. The van der Waals surface area contributed by atoms with E-state index in [-0.39, 0.29) is 12.1 Å². The van der Waals surface area contributed by atoms with Crippen LogP contribution in [-0.4, -0.2) is 52.7 Å². The van der Waals surface area contributed by atoms with Crippen LogP contribution in [0.2, 0.25) is 0 Å². The molecule has 124 valence electrons. The van der Waals surface area contributed by atoms with Crippen molar-refractivity contribution in [2.45, 2.75) is 45.3 Å². The maximum absolute atomic E-state index is 12.1. The Bertz CT molecular complexity index is 580. The molecule has 2 rings (SSSR count). The molecule has 0 unspecified atom stereocenters. The summed E-state index contributed by atoms with van der Waals surface area (Å²) in [6.07, 6.45) is 4.44. The van der Waals surface area contributed by atoms with Crippen LogP contribution >= 0.6 is 0 Å². The Labute approximate surface area is 136 Å². The van der Waals surface area contributed by atoms with E-state index < -0.39 is 5.60 Å². The number of nitriles is 1. The van der Waals surface area contributed by atoms with Crippen LogP contribution in [0.1, 0.15) is 39.2 Å². The lowest BCUT2D eigenvalue weighted by molar-refractivity contribution is 0.0200. The van der Waals surface area contributed by atoms with Crippen molar-refractivity contribution in [1.82, 2.24) is 14.9 Å². The molecule has 7 nitrogen and oxygen atoms in total. The molecule has 1 saturated heterocycles. The first-order valence-electron chi connectivity index (χ1n) is 7.73. The van der Waals surface area contributed by atoms with Crippen LogP contribution in [-0.2, 0) is 4.74 Å². The Morgan fingerprint density at radius 2 is 1.91 bits per heavy atom. The molecule has 0 spiro atoms. The molecule has 1 aromatic rings. The number of piperidine rings is 1. The van der Waals surface area contributed by atoms with E-state index in [0.29, 0.717) is 11.5 Å². The highest BCUT2D eigenvalue weighted by atomic mass is 16.6. The zero-order valence-corrected chi connectivity index (χ0v) is 14.1. The predicted octanol–water partition coefficient (Wildman–Crippen LogP) is 2.18. The van der Waals surface area contributed by atoms with Gasteiger partial charge in [-0.1, -0.05) is 0 Å². The molecular formula is C16H23N5O2. The highest BCUT2D eigenvalue weighted by Gasteiger charge is 2.29. The van der Waals surface area contributed by atoms with Gasteiger partial charge in [0, 0.05) is 26.2 Å². The SMILES string of the molecule is CN(C(=O)OC(C)(C)C)C1CCN(c2ncc(C#N)cn2)CC1. The third-order valence-corrected chi connectivity index (χ3v) is 3.74. The number of ether oxygens (including phenoxy) is 1. The Morgan fingerprint density at radius 1 is 1.35 bits per heavy atom. The van der Waals surface area contributed by atoms with Crippen LogP contribution in [0, 0.1) is 11.3 Å². The third kappa shape index (κ3) is 4.55. The number of hydrogen-bond acceptors (Lipinski definition) is 6. The van der Waals surface area contributed by atoms with Gasteiger partial charge < -0.3 is 14.5 Å². The molecule has 7 heteroatoms. The Balaban J connectivity index is 1.90. The summed E-state index contributed by atoms with van der Waals surface area (Å²) in [6, 6.07) is 2.16. The number of hydrogen-bond donors (Lipinski definition) is 0. The van der Waals surface area contributed by atoms with Gasteiger partial charge in [-0.2, -0.15) is 5.26 Å². The number of anilines is 1. The van der Waals surface area contributed by atoms with Crippen LogP contribution in [0.4, 0.5) is 10.7 Å². The first-order valence-corrected chi connectivity index (χ1v) is 7.73. The lowest BCUT2D eigenvalue weighted by atomic mass is 10.0. The molecule has 0 bridgehead atoms. The number of carbonyl (C=O) groups excluding carboxylic acids is 1. The fourth-order valence-electron chi connectivity index (χ4n) is 2.48. The van der Waals surface area contributed by atoms with Gasteiger partial charge in [0.25, 0.3) is 0 Å². The second-order valence-corrected chi connectivity index (χ2v) is 6.69. The standard InChI is InChI=1S/C16H23N5O2/c1-16(2,3)23-15(22)20(4)13-5-7-21(8-6-13)14-18-10-12(9-17)11-19-14/h10-11,13H,5-8H2,1-4H3. The maximum atomic E-state index is 12.1. The fraction of sp³-hybridized carbons (Fsp3) is 0.625. The van der Waals surface area contributed by atoms with Crippen molar-refractivity contribution < 1.29 is 9.53 Å². The zero-order valence-electron chi connectivity index (χ0n) is 14.1. The first kappa shape index (κ1) is 17.0. The molecule has 1 aliphatic rings. The number of carbonyl (C=O) groups is 1. The maximum Gasteiger partial charge on any atom is 0.410 e. The summed E-state index contributed by atoms with van der Waals surface area (Å²) in [7, 11) is 1.78. The second-order valence-electron chi connectivity index (χ2n) is 6.69. The zero-order chi connectivity index (χ0) is 17.0. The number of aromatic nitrogens is 2. The minimum absolute atomic E-state index is 0.152. The molecule has 0 aromatic carbocycles. The molecule has 1 amide bonds. The van der Waals surface area contributed by atoms with Crippen molar-refractivity contribution in [1.29, 1.82) is 5.26 Å². The van der Waals surface area contributed by atoms with Gasteiger partial charge in [0.05, 0.1) is 18.0 Å². The van der Waals surface area contributed by atoms with Crippen molar-refractivity contribution in [2.24, 2.45) is 0 Å². The van der Waals surface area contributed by atoms with Crippen molar-refractivity contribution in [2.75, 3.05) is 25.0 Å². The van der Waals surface area contributed by atoms with E-state index in [1.165, 1.54) is 12.4 Å². The van der Waals surface area contributed by atoms with Gasteiger partial charge in [0.1, 0.15) is 11.7 Å². The van der Waals surface area contributed by atoms with Crippen LogP contribution < -0.4 is 4.90 Å². The van der Waals surface area contributed by atoms with E-state index >= 15 is 0 Å². The molecule has 1 fully saturated rings. The first-order chi connectivity index (χ1) is 10.8. The minimum atomic E-state index is -0.484. The van der Waals surface area contributed by atoms with Gasteiger partial charge in [-0.15, -0.1) is 0 Å². The fourth-order valence-corrected chi connectivity index (χ4v) is 2.48. The van der Waals surface area contributed by atoms with Gasteiger partial charge in [0.2, 0.25) is 5.95 Å². The van der Waals surface area contributed by atoms with E-state index in [9.17, 15) is 4.79 Å². The molecule has 1 aliphatic heterocycles. The highest BCUT2D eigenvalue weighted by molar-refractivity contribution is 5.68. The Morgan fingerprint density at radius 3 is 2.39 bits per heavy atom. The van der Waals surface area contributed by atoms with Gasteiger partial charge in [-0.3, -0.25) is 0 Å².